The number of carbonyl (C=O) groups excluding carboxylic acids is 1. The maximum absolute atomic E-state index is 12.8. The Balaban J connectivity index is 1.67. The van der Waals surface area contributed by atoms with Crippen LogP contribution in [0.1, 0.15) is 27.2 Å². The van der Waals surface area contributed by atoms with Gasteiger partial charge in [0, 0.05) is 36.2 Å². The molecule has 1 saturated carbocycles. The first-order valence-electron chi connectivity index (χ1n) is 8.64. The smallest absolute Gasteiger partial charge is 0.241 e. The van der Waals surface area contributed by atoms with Crippen molar-refractivity contribution >= 4 is 11.6 Å². The Kier molecular flexibility index (Phi) is 4.47. The lowest BCUT2D eigenvalue weighted by molar-refractivity contribution is -0.153. The number of amides is 1. The van der Waals surface area contributed by atoms with E-state index in [0.29, 0.717) is 31.2 Å². The topological polar surface area (TPSA) is 32.8 Å². The number of nitrogens with zero attached hydrogens (tertiary/aromatic N) is 2. The SMILES string of the molecule is CCN(C(=O)CN(C)C1C2CCOC2C1(C)C)c1ccccc1. The number of rotatable bonds is 5. The van der Waals surface area contributed by atoms with Crippen molar-refractivity contribution in [3.05, 3.63) is 30.3 Å². The molecule has 1 amide bonds. The fourth-order valence-corrected chi connectivity index (χ4v) is 4.70. The predicted octanol–water partition coefficient (Wildman–Crippen LogP) is 2.78. The summed E-state index contributed by atoms with van der Waals surface area (Å²) in [6.07, 6.45) is 1.48. The predicted molar refractivity (Wildman–Crippen MR) is 92.5 cm³/mol. The molecule has 1 heterocycles. The Labute approximate surface area is 139 Å². The highest BCUT2D eigenvalue weighted by Gasteiger charge is 2.60. The summed E-state index contributed by atoms with van der Waals surface area (Å²) < 4.78 is 5.87. The van der Waals surface area contributed by atoms with Crippen molar-refractivity contribution in [1.29, 1.82) is 0 Å². The number of benzene rings is 1. The summed E-state index contributed by atoms with van der Waals surface area (Å²) in [5.74, 6) is 0.744. The van der Waals surface area contributed by atoms with Gasteiger partial charge in [-0.3, -0.25) is 9.69 Å². The average molecular weight is 316 g/mol. The molecule has 4 heteroatoms. The first-order valence-corrected chi connectivity index (χ1v) is 8.64. The van der Waals surface area contributed by atoms with Crippen LogP contribution in [0.2, 0.25) is 0 Å². The summed E-state index contributed by atoms with van der Waals surface area (Å²) in [4.78, 5) is 16.9. The number of para-hydroxylation sites is 1. The van der Waals surface area contributed by atoms with Gasteiger partial charge in [-0.2, -0.15) is 0 Å². The van der Waals surface area contributed by atoms with Crippen molar-refractivity contribution in [3.8, 4) is 0 Å². The first kappa shape index (κ1) is 16.5. The van der Waals surface area contributed by atoms with Crippen LogP contribution >= 0.6 is 0 Å². The van der Waals surface area contributed by atoms with E-state index in [-0.39, 0.29) is 11.3 Å². The van der Waals surface area contributed by atoms with E-state index in [1.54, 1.807) is 0 Å². The Bertz CT molecular complexity index is 558. The summed E-state index contributed by atoms with van der Waals surface area (Å²) in [6.45, 7) is 8.57. The molecule has 0 aromatic heterocycles. The van der Waals surface area contributed by atoms with E-state index in [9.17, 15) is 4.79 Å². The highest BCUT2D eigenvalue weighted by molar-refractivity contribution is 5.94. The molecule has 3 atom stereocenters. The molecule has 0 radical (unpaired) electrons. The molecule has 126 valence electrons. The van der Waals surface area contributed by atoms with E-state index in [2.05, 4.69) is 25.8 Å². The second kappa shape index (κ2) is 6.25. The molecule has 2 aliphatic rings. The molecule has 3 rings (SSSR count). The van der Waals surface area contributed by atoms with Gasteiger partial charge in [-0.15, -0.1) is 0 Å². The number of fused-ring (bicyclic) bond motifs is 1. The summed E-state index contributed by atoms with van der Waals surface area (Å²) in [7, 11) is 2.08. The van der Waals surface area contributed by atoms with Crippen molar-refractivity contribution < 1.29 is 9.53 Å². The van der Waals surface area contributed by atoms with E-state index in [1.807, 2.05) is 42.2 Å². The number of likely N-dealkylation sites (N-methyl/N-ethyl adjacent to an activating group) is 2. The van der Waals surface area contributed by atoms with E-state index in [4.69, 9.17) is 4.74 Å². The molecule has 0 N–H and O–H groups in total. The molecule has 1 aliphatic heterocycles. The fourth-order valence-electron chi connectivity index (χ4n) is 4.70. The third kappa shape index (κ3) is 2.79. The lowest BCUT2D eigenvalue weighted by atomic mass is 9.57. The van der Waals surface area contributed by atoms with Gasteiger partial charge in [-0.1, -0.05) is 32.0 Å². The minimum absolute atomic E-state index is 0.125. The van der Waals surface area contributed by atoms with E-state index >= 15 is 0 Å². The van der Waals surface area contributed by atoms with Crippen LogP contribution in [0.25, 0.3) is 0 Å². The van der Waals surface area contributed by atoms with Crippen LogP contribution in [-0.2, 0) is 9.53 Å². The van der Waals surface area contributed by atoms with E-state index in [0.717, 1.165) is 18.7 Å². The van der Waals surface area contributed by atoms with Gasteiger partial charge >= 0.3 is 0 Å². The normalized spacial score (nSPS) is 28.3. The molecule has 23 heavy (non-hydrogen) atoms. The van der Waals surface area contributed by atoms with Gasteiger partial charge in [0.1, 0.15) is 0 Å². The van der Waals surface area contributed by atoms with Gasteiger partial charge in [0.15, 0.2) is 0 Å². The zero-order chi connectivity index (χ0) is 16.6. The van der Waals surface area contributed by atoms with Gasteiger partial charge in [0.05, 0.1) is 12.6 Å². The molecule has 1 aromatic rings. The minimum atomic E-state index is 0.125. The Hall–Kier alpha value is -1.39. The van der Waals surface area contributed by atoms with Gasteiger partial charge in [-0.05, 0) is 32.5 Å². The highest BCUT2D eigenvalue weighted by Crippen LogP contribution is 2.54. The number of anilines is 1. The van der Waals surface area contributed by atoms with Crippen LogP contribution in [0.5, 0.6) is 0 Å². The lowest BCUT2D eigenvalue weighted by Crippen LogP contribution is -2.66. The fraction of sp³-hybridized carbons (Fsp3) is 0.632. The largest absolute Gasteiger partial charge is 0.377 e. The van der Waals surface area contributed by atoms with E-state index in [1.165, 1.54) is 0 Å². The van der Waals surface area contributed by atoms with Gasteiger partial charge in [-0.25, -0.2) is 0 Å². The summed E-state index contributed by atoms with van der Waals surface area (Å²) >= 11 is 0. The van der Waals surface area contributed by atoms with Crippen molar-refractivity contribution in [2.75, 3.05) is 31.6 Å². The number of hydrogen-bond donors (Lipinski definition) is 0. The van der Waals surface area contributed by atoms with Crippen LogP contribution in [0, 0.1) is 11.3 Å². The third-order valence-corrected chi connectivity index (χ3v) is 5.58. The van der Waals surface area contributed by atoms with Crippen molar-refractivity contribution in [2.24, 2.45) is 11.3 Å². The molecule has 1 saturated heterocycles. The lowest BCUT2D eigenvalue weighted by Gasteiger charge is -2.57. The quantitative estimate of drug-likeness (QED) is 0.837. The molecule has 1 aromatic carbocycles. The Morgan fingerprint density at radius 3 is 2.65 bits per heavy atom. The number of carbonyl (C=O) groups is 1. The molecule has 1 aliphatic carbocycles. The van der Waals surface area contributed by atoms with Crippen LogP contribution < -0.4 is 4.90 Å². The molecule has 0 spiro atoms. The summed E-state index contributed by atoms with van der Waals surface area (Å²) in [6, 6.07) is 10.3. The van der Waals surface area contributed by atoms with Crippen LogP contribution in [0.3, 0.4) is 0 Å². The van der Waals surface area contributed by atoms with Gasteiger partial charge < -0.3 is 9.64 Å². The third-order valence-electron chi connectivity index (χ3n) is 5.58. The molecule has 4 nitrogen and oxygen atoms in total. The maximum Gasteiger partial charge on any atom is 0.241 e. The molecular formula is C19H28N2O2. The summed E-state index contributed by atoms with van der Waals surface area (Å²) in [5.41, 5.74) is 1.10. The second-order valence-electron chi connectivity index (χ2n) is 7.40. The zero-order valence-electron chi connectivity index (χ0n) is 14.7. The van der Waals surface area contributed by atoms with Crippen molar-refractivity contribution in [1.82, 2.24) is 4.90 Å². The van der Waals surface area contributed by atoms with Crippen LogP contribution in [-0.4, -0.2) is 49.7 Å². The van der Waals surface area contributed by atoms with E-state index < -0.39 is 0 Å². The standard InChI is InChI=1S/C19H28N2O2/c1-5-21(14-9-7-6-8-10-14)16(22)13-20(4)17-15-11-12-23-18(15)19(17,2)3/h6-10,15,17-18H,5,11-13H2,1-4H3. The molecule has 2 fully saturated rings. The molecule has 3 unspecified atom stereocenters. The van der Waals surface area contributed by atoms with Crippen molar-refractivity contribution in [2.45, 2.75) is 39.3 Å². The second-order valence-corrected chi connectivity index (χ2v) is 7.40. The number of hydrogen-bond acceptors (Lipinski definition) is 3. The zero-order valence-corrected chi connectivity index (χ0v) is 14.7. The maximum atomic E-state index is 12.8. The Morgan fingerprint density at radius 2 is 2.00 bits per heavy atom. The number of ether oxygens (including phenoxy) is 1. The van der Waals surface area contributed by atoms with Gasteiger partial charge in [0.25, 0.3) is 0 Å². The first-order chi connectivity index (χ1) is 11.0. The molecular weight excluding hydrogens is 288 g/mol. The van der Waals surface area contributed by atoms with Crippen molar-refractivity contribution in [3.63, 3.8) is 0 Å². The highest BCUT2D eigenvalue weighted by atomic mass is 16.5. The Morgan fingerprint density at radius 1 is 1.30 bits per heavy atom. The molecule has 0 bridgehead atoms. The summed E-state index contributed by atoms with van der Waals surface area (Å²) in [5, 5.41) is 0. The van der Waals surface area contributed by atoms with Gasteiger partial charge in [0.2, 0.25) is 5.91 Å². The average Bonchev–Trinajstić information content (AvgIpc) is 2.95. The van der Waals surface area contributed by atoms with Crippen LogP contribution in [0.15, 0.2) is 30.3 Å². The minimum Gasteiger partial charge on any atom is -0.377 e. The monoisotopic (exact) mass is 316 g/mol. The van der Waals surface area contributed by atoms with Crippen LogP contribution in [0.4, 0.5) is 5.69 Å².